The van der Waals surface area contributed by atoms with Crippen molar-refractivity contribution in [1.29, 1.82) is 0 Å². The van der Waals surface area contributed by atoms with E-state index < -0.39 is 10.0 Å². The Morgan fingerprint density at radius 2 is 1.88 bits per heavy atom. The minimum absolute atomic E-state index is 0.0665. The maximum atomic E-state index is 12.5. The topological polar surface area (TPSA) is 105 Å². The van der Waals surface area contributed by atoms with Crippen molar-refractivity contribution in [3.05, 3.63) is 36.2 Å². The molecule has 1 N–H and O–H groups in total. The molecule has 2 aromatic rings. The van der Waals surface area contributed by atoms with Crippen molar-refractivity contribution in [3.63, 3.8) is 0 Å². The number of hydrogen-bond acceptors (Lipinski definition) is 6. The minimum atomic E-state index is -3.51. The number of carbonyl (C=O) groups excluding carboxylic acids is 1. The van der Waals surface area contributed by atoms with Crippen LogP contribution < -0.4 is 5.32 Å². The number of nitrogens with one attached hydrogen (secondary N) is 1. The van der Waals surface area contributed by atoms with Gasteiger partial charge in [-0.1, -0.05) is 23.3 Å². The second kappa shape index (κ2) is 6.70. The van der Waals surface area contributed by atoms with E-state index in [4.69, 9.17) is 4.42 Å². The zero-order chi connectivity index (χ0) is 17.2. The average molecular weight is 350 g/mol. The van der Waals surface area contributed by atoms with Crippen molar-refractivity contribution >= 4 is 21.9 Å². The summed E-state index contributed by atoms with van der Waals surface area (Å²) in [5, 5.41) is 9.93. The summed E-state index contributed by atoms with van der Waals surface area (Å²) in [4.78, 5) is 12.5. The fourth-order valence-electron chi connectivity index (χ4n) is 2.65. The van der Waals surface area contributed by atoms with Crippen LogP contribution in [0.25, 0.3) is 0 Å². The third-order valence-corrected chi connectivity index (χ3v) is 5.87. The van der Waals surface area contributed by atoms with E-state index in [1.807, 2.05) is 0 Å². The van der Waals surface area contributed by atoms with E-state index in [2.05, 4.69) is 15.5 Å². The van der Waals surface area contributed by atoms with Gasteiger partial charge in [-0.05, 0) is 25.0 Å². The lowest BCUT2D eigenvalue weighted by Crippen LogP contribution is -2.41. The largest absolute Gasteiger partial charge is 0.408 e. The van der Waals surface area contributed by atoms with Gasteiger partial charge in [-0.15, -0.1) is 5.10 Å². The molecular weight excluding hydrogens is 332 g/mol. The number of hydrogen-bond donors (Lipinski definition) is 1. The zero-order valence-corrected chi connectivity index (χ0v) is 14.0. The highest BCUT2D eigenvalue weighted by Gasteiger charge is 2.32. The lowest BCUT2D eigenvalue weighted by atomic mass is 9.97. The van der Waals surface area contributed by atoms with Crippen molar-refractivity contribution in [2.75, 3.05) is 18.4 Å². The summed E-state index contributed by atoms with van der Waals surface area (Å²) in [6, 6.07) is 8.38. The smallest absolute Gasteiger partial charge is 0.322 e. The normalized spacial score (nSPS) is 16.9. The molecule has 2 heterocycles. The Kier molecular flexibility index (Phi) is 4.63. The standard InChI is InChI=1S/C15H18N4O4S/c1-11-17-18-15(23-11)16-14(20)12-7-9-19(10-8-12)24(21,22)13-5-3-2-4-6-13/h2-6,12H,7-10H2,1H3,(H,16,18,20). The molecule has 8 nitrogen and oxygen atoms in total. The maximum Gasteiger partial charge on any atom is 0.322 e. The van der Waals surface area contributed by atoms with E-state index >= 15 is 0 Å². The quantitative estimate of drug-likeness (QED) is 0.894. The van der Waals surface area contributed by atoms with Crippen LogP contribution in [-0.2, 0) is 14.8 Å². The summed E-state index contributed by atoms with van der Waals surface area (Å²) in [6.07, 6.45) is 0.899. The summed E-state index contributed by atoms with van der Waals surface area (Å²) >= 11 is 0. The van der Waals surface area contributed by atoms with Crippen molar-refractivity contribution in [3.8, 4) is 0 Å². The Bertz CT molecular complexity index is 811. The fraction of sp³-hybridized carbons (Fsp3) is 0.400. The van der Waals surface area contributed by atoms with Gasteiger partial charge < -0.3 is 4.42 Å². The minimum Gasteiger partial charge on any atom is -0.408 e. The molecule has 1 amide bonds. The molecule has 1 aromatic carbocycles. The van der Waals surface area contributed by atoms with Crippen LogP contribution in [0.4, 0.5) is 6.01 Å². The molecule has 1 aliphatic rings. The third-order valence-electron chi connectivity index (χ3n) is 3.96. The van der Waals surface area contributed by atoms with E-state index in [1.165, 1.54) is 4.31 Å². The lowest BCUT2D eigenvalue weighted by molar-refractivity contribution is -0.121. The molecule has 1 saturated heterocycles. The number of rotatable bonds is 4. The predicted molar refractivity (Wildman–Crippen MR) is 85.6 cm³/mol. The molecule has 0 bridgehead atoms. The van der Waals surface area contributed by atoms with Gasteiger partial charge in [-0.3, -0.25) is 10.1 Å². The molecule has 1 fully saturated rings. The van der Waals surface area contributed by atoms with E-state index in [0.717, 1.165) is 0 Å². The number of piperidine rings is 1. The third kappa shape index (κ3) is 3.46. The monoisotopic (exact) mass is 350 g/mol. The highest BCUT2D eigenvalue weighted by molar-refractivity contribution is 7.89. The molecule has 1 aromatic heterocycles. The van der Waals surface area contributed by atoms with Crippen molar-refractivity contribution < 1.29 is 17.6 Å². The van der Waals surface area contributed by atoms with Crippen LogP contribution in [0.2, 0.25) is 0 Å². The van der Waals surface area contributed by atoms with Gasteiger partial charge in [0.2, 0.25) is 21.8 Å². The summed E-state index contributed by atoms with van der Waals surface area (Å²) in [5.74, 6) is -0.135. The number of aryl methyl sites for hydroxylation is 1. The first kappa shape index (κ1) is 16.6. The first-order valence-electron chi connectivity index (χ1n) is 7.63. The fourth-order valence-corrected chi connectivity index (χ4v) is 4.15. The van der Waals surface area contributed by atoms with Gasteiger partial charge in [0.1, 0.15) is 0 Å². The molecule has 24 heavy (non-hydrogen) atoms. The van der Waals surface area contributed by atoms with Crippen LogP contribution >= 0.6 is 0 Å². The van der Waals surface area contributed by atoms with Gasteiger partial charge in [0.25, 0.3) is 0 Å². The van der Waals surface area contributed by atoms with Crippen LogP contribution in [0.3, 0.4) is 0 Å². The van der Waals surface area contributed by atoms with Gasteiger partial charge in [0.05, 0.1) is 4.90 Å². The Hall–Kier alpha value is -2.26. The van der Waals surface area contributed by atoms with Crippen LogP contribution in [0, 0.1) is 12.8 Å². The van der Waals surface area contributed by atoms with E-state index in [9.17, 15) is 13.2 Å². The Morgan fingerprint density at radius 1 is 1.21 bits per heavy atom. The number of benzene rings is 1. The Labute approximate surface area is 139 Å². The molecule has 0 saturated carbocycles. The lowest BCUT2D eigenvalue weighted by Gasteiger charge is -2.30. The van der Waals surface area contributed by atoms with Crippen LogP contribution in [-0.4, -0.2) is 41.9 Å². The maximum absolute atomic E-state index is 12.5. The summed E-state index contributed by atoms with van der Waals surface area (Å²) in [6.45, 7) is 2.24. The molecule has 0 spiro atoms. The molecule has 3 rings (SSSR count). The molecule has 1 aliphatic heterocycles. The van der Waals surface area contributed by atoms with Crippen molar-refractivity contribution in [1.82, 2.24) is 14.5 Å². The van der Waals surface area contributed by atoms with E-state index in [1.54, 1.807) is 37.3 Å². The molecule has 0 radical (unpaired) electrons. The predicted octanol–water partition coefficient (Wildman–Crippen LogP) is 1.42. The Morgan fingerprint density at radius 3 is 2.46 bits per heavy atom. The van der Waals surface area contributed by atoms with Gasteiger partial charge in [-0.2, -0.15) is 4.31 Å². The summed E-state index contributed by atoms with van der Waals surface area (Å²) < 4.78 is 31.6. The van der Waals surface area contributed by atoms with E-state index in [0.29, 0.717) is 31.8 Å². The van der Waals surface area contributed by atoms with Crippen LogP contribution in [0.15, 0.2) is 39.6 Å². The molecular formula is C15H18N4O4S. The Balaban J connectivity index is 1.60. The second-order valence-corrected chi connectivity index (χ2v) is 7.54. The number of amides is 1. The second-order valence-electron chi connectivity index (χ2n) is 5.61. The molecule has 0 atom stereocenters. The molecule has 128 valence electrons. The van der Waals surface area contributed by atoms with Crippen molar-refractivity contribution in [2.24, 2.45) is 5.92 Å². The molecule has 9 heteroatoms. The molecule has 0 unspecified atom stereocenters. The summed E-state index contributed by atoms with van der Waals surface area (Å²) in [5.41, 5.74) is 0. The number of nitrogens with zero attached hydrogens (tertiary/aromatic N) is 3. The van der Waals surface area contributed by atoms with Gasteiger partial charge >= 0.3 is 6.01 Å². The SMILES string of the molecule is Cc1nnc(NC(=O)C2CCN(S(=O)(=O)c3ccccc3)CC2)o1. The van der Waals surface area contributed by atoms with Gasteiger partial charge in [0, 0.05) is 25.9 Å². The average Bonchev–Trinajstić information content (AvgIpc) is 3.00. The molecule has 0 aliphatic carbocycles. The number of sulfonamides is 1. The first-order chi connectivity index (χ1) is 11.5. The summed E-state index contributed by atoms with van der Waals surface area (Å²) in [7, 11) is -3.51. The number of carbonyl (C=O) groups is 1. The highest BCUT2D eigenvalue weighted by Crippen LogP contribution is 2.24. The van der Waals surface area contributed by atoms with Crippen LogP contribution in [0.1, 0.15) is 18.7 Å². The van der Waals surface area contributed by atoms with Gasteiger partial charge in [-0.25, -0.2) is 8.42 Å². The highest BCUT2D eigenvalue weighted by atomic mass is 32.2. The zero-order valence-electron chi connectivity index (χ0n) is 13.2. The van der Waals surface area contributed by atoms with E-state index in [-0.39, 0.29) is 22.7 Å². The number of aromatic nitrogens is 2. The van der Waals surface area contributed by atoms with Crippen molar-refractivity contribution in [2.45, 2.75) is 24.7 Å². The number of anilines is 1. The first-order valence-corrected chi connectivity index (χ1v) is 9.07. The van der Waals surface area contributed by atoms with Gasteiger partial charge in [0.15, 0.2) is 0 Å². The van der Waals surface area contributed by atoms with Crippen LogP contribution in [0.5, 0.6) is 0 Å².